The number of benzene rings is 2. The smallest absolute Gasteiger partial charge is 0.123 e. The molecule has 0 unspecified atom stereocenters. The SMILES string of the molecule is COc1ccccc1CN(C)c1ccc([C@H](C)N)cc1. The highest BCUT2D eigenvalue weighted by Gasteiger charge is 2.07. The molecule has 2 aromatic carbocycles. The van der Waals surface area contributed by atoms with Gasteiger partial charge in [-0.3, -0.25) is 0 Å². The van der Waals surface area contributed by atoms with Gasteiger partial charge in [-0.15, -0.1) is 0 Å². The van der Waals surface area contributed by atoms with Gasteiger partial charge in [-0.1, -0.05) is 30.3 Å². The second-order valence-corrected chi connectivity index (χ2v) is 5.05. The molecule has 1 atom stereocenters. The number of hydrogen-bond donors (Lipinski definition) is 1. The fourth-order valence-corrected chi connectivity index (χ4v) is 2.21. The van der Waals surface area contributed by atoms with Crippen LogP contribution in [0.15, 0.2) is 48.5 Å². The molecule has 0 fully saturated rings. The molecular weight excluding hydrogens is 248 g/mol. The number of ether oxygens (including phenoxy) is 1. The van der Waals surface area contributed by atoms with Gasteiger partial charge in [-0.25, -0.2) is 0 Å². The van der Waals surface area contributed by atoms with E-state index in [0.29, 0.717) is 0 Å². The quantitative estimate of drug-likeness (QED) is 0.905. The van der Waals surface area contributed by atoms with Crippen molar-refractivity contribution in [2.45, 2.75) is 19.5 Å². The molecule has 2 N–H and O–H groups in total. The molecule has 0 bridgehead atoms. The molecule has 0 aromatic heterocycles. The summed E-state index contributed by atoms with van der Waals surface area (Å²) in [5.41, 5.74) is 9.37. The molecule has 0 amide bonds. The van der Waals surface area contributed by atoms with Crippen LogP contribution in [0.25, 0.3) is 0 Å². The maximum atomic E-state index is 5.87. The summed E-state index contributed by atoms with van der Waals surface area (Å²) in [5.74, 6) is 0.923. The van der Waals surface area contributed by atoms with Gasteiger partial charge in [-0.2, -0.15) is 0 Å². The fraction of sp³-hybridized carbons (Fsp3) is 0.294. The molecule has 0 aliphatic rings. The highest BCUT2D eigenvalue weighted by molar-refractivity contribution is 5.49. The van der Waals surface area contributed by atoms with E-state index in [4.69, 9.17) is 10.5 Å². The Morgan fingerprint density at radius 3 is 2.35 bits per heavy atom. The zero-order chi connectivity index (χ0) is 14.5. The normalized spacial score (nSPS) is 12.0. The summed E-state index contributed by atoms with van der Waals surface area (Å²) < 4.78 is 5.39. The van der Waals surface area contributed by atoms with Crippen molar-refractivity contribution < 1.29 is 4.74 Å². The average Bonchev–Trinajstić information content (AvgIpc) is 2.48. The minimum Gasteiger partial charge on any atom is -0.496 e. The van der Waals surface area contributed by atoms with E-state index in [9.17, 15) is 0 Å². The number of nitrogens with two attached hydrogens (primary N) is 1. The van der Waals surface area contributed by atoms with Gasteiger partial charge in [-0.05, 0) is 30.7 Å². The Kier molecular flexibility index (Phi) is 4.64. The van der Waals surface area contributed by atoms with E-state index in [2.05, 4.69) is 42.3 Å². The number of methoxy groups -OCH3 is 1. The Bertz CT molecular complexity index is 549. The highest BCUT2D eigenvalue weighted by Crippen LogP contribution is 2.23. The molecule has 0 aliphatic heterocycles. The third kappa shape index (κ3) is 3.31. The van der Waals surface area contributed by atoms with Gasteiger partial charge in [0.25, 0.3) is 0 Å². The molecule has 0 saturated carbocycles. The molecule has 3 heteroatoms. The van der Waals surface area contributed by atoms with Gasteiger partial charge in [0.05, 0.1) is 7.11 Å². The Hall–Kier alpha value is -2.00. The van der Waals surface area contributed by atoms with E-state index in [-0.39, 0.29) is 6.04 Å². The van der Waals surface area contributed by atoms with Crippen molar-refractivity contribution in [2.75, 3.05) is 19.1 Å². The summed E-state index contributed by atoms with van der Waals surface area (Å²) in [4.78, 5) is 2.20. The van der Waals surface area contributed by atoms with Crippen LogP contribution in [0.1, 0.15) is 24.1 Å². The van der Waals surface area contributed by atoms with Crippen LogP contribution in [0.5, 0.6) is 5.75 Å². The maximum Gasteiger partial charge on any atom is 0.123 e. The average molecular weight is 270 g/mol. The molecule has 0 radical (unpaired) electrons. The van der Waals surface area contributed by atoms with Gasteiger partial charge in [0.1, 0.15) is 5.75 Å². The summed E-state index contributed by atoms with van der Waals surface area (Å²) in [6.07, 6.45) is 0. The predicted octanol–water partition coefficient (Wildman–Crippen LogP) is 3.35. The molecule has 20 heavy (non-hydrogen) atoms. The van der Waals surface area contributed by atoms with Crippen molar-refractivity contribution in [1.82, 2.24) is 0 Å². The zero-order valence-electron chi connectivity index (χ0n) is 12.3. The molecule has 2 rings (SSSR count). The second kappa shape index (κ2) is 6.44. The molecular formula is C17H22N2O. The van der Waals surface area contributed by atoms with Crippen molar-refractivity contribution in [1.29, 1.82) is 0 Å². The Labute approximate surface area is 121 Å². The molecule has 3 nitrogen and oxygen atoms in total. The Morgan fingerprint density at radius 2 is 1.75 bits per heavy atom. The topological polar surface area (TPSA) is 38.5 Å². The van der Waals surface area contributed by atoms with Crippen LogP contribution >= 0.6 is 0 Å². The van der Waals surface area contributed by atoms with Crippen molar-refractivity contribution in [2.24, 2.45) is 5.73 Å². The summed E-state index contributed by atoms with van der Waals surface area (Å²) in [6.45, 7) is 2.80. The van der Waals surface area contributed by atoms with Crippen LogP contribution in [0, 0.1) is 0 Å². The van der Waals surface area contributed by atoms with Crippen molar-refractivity contribution in [3.05, 3.63) is 59.7 Å². The van der Waals surface area contributed by atoms with E-state index in [1.165, 1.54) is 11.3 Å². The molecule has 0 heterocycles. The van der Waals surface area contributed by atoms with Crippen LogP contribution in [-0.2, 0) is 6.54 Å². The van der Waals surface area contributed by atoms with E-state index in [1.807, 2.05) is 25.1 Å². The zero-order valence-corrected chi connectivity index (χ0v) is 12.3. The third-order valence-corrected chi connectivity index (χ3v) is 3.46. The van der Waals surface area contributed by atoms with Crippen molar-refractivity contribution in [3.8, 4) is 5.75 Å². The molecule has 2 aromatic rings. The first-order chi connectivity index (χ1) is 9.61. The lowest BCUT2D eigenvalue weighted by atomic mass is 10.1. The maximum absolute atomic E-state index is 5.87. The van der Waals surface area contributed by atoms with Gasteiger partial charge >= 0.3 is 0 Å². The van der Waals surface area contributed by atoms with Gasteiger partial charge in [0.2, 0.25) is 0 Å². The van der Waals surface area contributed by atoms with E-state index >= 15 is 0 Å². The number of hydrogen-bond acceptors (Lipinski definition) is 3. The number of rotatable bonds is 5. The largest absolute Gasteiger partial charge is 0.496 e. The monoisotopic (exact) mass is 270 g/mol. The van der Waals surface area contributed by atoms with Crippen molar-refractivity contribution in [3.63, 3.8) is 0 Å². The Morgan fingerprint density at radius 1 is 1.10 bits per heavy atom. The van der Waals surface area contributed by atoms with Crippen LogP contribution < -0.4 is 15.4 Å². The van der Waals surface area contributed by atoms with E-state index in [0.717, 1.165) is 17.9 Å². The van der Waals surface area contributed by atoms with Gasteiger partial charge in [0, 0.05) is 30.9 Å². The van der Waals surface area contributed by atoms with Crippen LogP contribution in [-0.4, -0.2) is 14.2 Å². The molecule has 0 aliphatic carbocycles. The minimum atomic E-state index is 0.0728. The second-order valence-electron chi connectivity index (χ2n) is 5.05. The highest BCUT2D eigenvalue weighted by atomic mass is 16.5. The van der Waals surface area contributed by atoms with Crippen LogP contribution in [0.3, 0.4) is 0 Å². The van der Waals surface area contributed by atoms with Crippen LogP contribution in [0.2, 0.25) is 0 Å². The summed E-state index contributed by atoms with van der Waals surface area (Å²) in [6, 6.07) is 16.5. The first kappa shape index (κ1) is 14.4. The minimum absolute atomic E-state index is 0.0728. The fourth-order valence-electron chi connectivity index (χ4n) is 2.21. The first-order valence-electron chi connectivity index (χ1n) is 6.80. The summed E-state index contributed by atoms with van der Waals surface area (Å²) >= 11 is 0. The van der Waals surface area contributed by atoms with Crippen molar-refractivity contribution >= 4 is 5.69 Å². The molecule has 106 valence electrons. The number of para-hydroxylation sites is 1. The standard InChI is InChI=1S/C17H22N2O/c1-13(18)14-8-10-16(11-9-14)19(2)12-15-6-4-5-7-17(15)20-3/h4-11,13H,12,18H2,1-3H3/t13-/m0/s1. The predicted molar refractivity (Wildman–Crippen MR) is 84.1 cm³/mol. The lowest BCUT2D eigenvalue weighted by Gasteiger charge is -2.21. The summed E-state index contributed by atoms with van der Waals surface area (Å²) in [7, 11) is 3.78. The molecule has 0 spiro atoms. The number of anilines is 1. The Balaban J connectivity index is 2.13. The van der Waals surface area contributed by atoms with Gasteiger partial charge < -0.3 is 15.4 Å². The lowest BCUT2D eigenvalue weighted by molar-refractivity contribution is 0.409. The lowest BCUT2D eigenvalue weighted by Crippen LogP contribution is -2.17. The first-order valence-corrected chi connectivity index (χ1v) is 6.80. The van der Waals surface area contributed by atoms with E-state index < -0.39 is 0 Å². The number of nitrogens with zero attached hydrogens (tertiary/aromatic N) is 1. The van der Waals surface area contributed by atoms with Crippen LogP contribution in [0.4, 0.5) is 5.69 Å². The third-order valence-electron chi connectivity index (χ3n) is 3.46. The van der Waals surface area contributed by atoms with E-state index in [1.54, 1.807) is 7.11 Å². The molecule has 0 saturated heterocycles. The van der Waals surface area contributed by atoms with Gasteiger partial charge in [0.15, 0.2) is 0 Å². The summed E-state index contributed by atoms with van der Waals surface area (Å²) in [5, 5.41) is 0.